The summed E-state index contributed by atoms with van der Waals surface area (Å²) < 4.78 is 35.8. The zero-order valence-electron chi connectivity index (χ0n) is 10.2. The molecule has 0 saturated carbocycles. The van der Waals surface area contributed by atoms with E-state index in [2.05, 4.69) is 10.6 Å². The highest BCUT2D eigenvalue weighted by atomic mass is 19.4. The third kappa shape index (κ3) is 4.27. The van der Waals surface area contributed by atoms with Gasteiger partial charge in [0.25, 0.3) is 5.91 Å². The van der Waals surface area contributed by atoms with Crippen LogP contribution in [0.5, 0.6) is 0 Å². The minimum atomic E-state index is -4.26. The number of rotatable bonds is 4. The normalized spacial score (nSPS) is 11.2. The van der Waals surface area contributed by atoms with Crippen molar-refractivity contribution < 1.29 is 18.0 Å². The molecule has 0 aromatic heterocycles. The van der Waals surface area contributed by atoms with Crippen LogP contribution in [-0.2, 0) is 0 Å². The SMILES string of the molecule is CNc1cc(C)ccc1C(=O)NCCC(F)(F)F. The molecule has 0 aliphatic heterocycles. The number of hydrogen-bond donors (Lipinski definition) is 2. The first-order chi connectivity index (χ1) is 8.33. The molecule has 0 aliphatic carbocycles. The zero-order valence-corrected chi connectivity index (χ0v) is 10.2. The molecule has 0 saturated heterocycles. The van der Waals surface area contributed by atoms with E-state index in [1.807, 2.05) is 6.92 Å². The lowest BCUT2D eigenvalue weighted by atomic mass is 10.1. The molecule has 0 fully saturated rings. The lowest BCUT2D eigenvalue weighted by molar-refractivity contribution is -0.132. The summed E-state index contributed by atoms with van der Waals surface area (Å²) in [6.45, 7) is 1.45. The first-order valence-electron chi connectivity index (χ1n) is 5.47. The Morgan fingerprint density at radius 2 is 2.00 bits per heavy atom. The van der Waals surface area contributed by atoms with Gasteiger partial charge in [-0.2, -0.15) is 13.2 Å². The zero-order chi connectivity index (χ0) is 13.8. The van der Waals surface area contributed by atoms with Crippen molar-refractivity contribution in [3.8, 4) is 0 Å². The molecule has 1 aromatic carbocycles. The van der Waals surface area contributed by atoms with Crippen LogP contribution >= 0.6 is 0 Å². The fourth-order valence-electron chi connectivity index (χ4n) is 1.48. The second kappa shape index (κ2) is 5.75. The Labute approximate surface area is 103 Å². The van der Waals surface area contributed by atoms with Crippen molar-refractivity contribution in [2.45, 2.75) is 19.5 Å². The summed E-state index contributed by atoms with van der Waals surface area (Å²) in [7, 11) is 1.65. The molecule has 0 bridgehead atoms. The van der Waals surface area contributed by atoms with Crippen LogP contribution in [0.3, 0.4) is 0 Å². The molecule has 0 heterocycles. The number of carbonyl (C=O) groups excluding carboxylic acids is 1. The van der Waals surface area contributed by atoms with Crippen LogP contribution in [0.4, 0.5) is 18.9 Å². The van der Waals surface area contributed by atoms with Gasteiger partial charge in [-0.05, 0) is 24.6 Å². The van der Waals surface area contributed by atoms with Crippen LogP contribution < -0.4 is 10.6 Å². The average molecular weight is 260 g/mol. The van der Waals surface area contributed by atoms with E-state index in [0.29, 0.717) is 11.3 Å². The number of alkyl halides is 3. The molecule has 0 aliphatic rings. The number of halogens is 3. The van der Waals surface area contributed by atoms with Crippen molar-refractivity contribution in [2.24, 2.45) is 0 Å². The van der Waals surface area contributed by atoms with E-state index >= 15 is 0 Å². The summed E-state index contributed by atoms with van der Waals surface area (Å²) in [5, 5.41) is 5.09. The number of carbonyl (C=O) groups is 1. The van der Waals surface area contributed by atoms with Crippen LogP contribution in [0.1, 0.15) is 22.3 Å². The van der Waals surface area contributed by atoms with Crippen molar-refractivity contribution in [3.05, 3.63) is 29.3 Å². The van der Waals surface area contributed by atoms with E-state index in [1.54, 1.807) is 25.2 Å². The van der Waals surface area contributed by atoms with Crippen LogP contribution in [0, 0.1) is 6.92 Å². The molecular weight excluding hydrogens is 245 g/mol. The number of benzene rings is 1. The molecule has 0 atom stereocenters. The topological polar surface area (TPSA) is 41.1 Å². The molecule has 0 unspecified atom stereocenters. The highest BCUT2D eigenvalue weighted by Gasteiger charge is 2.26. The average Bonchev–Trinajstić information content (AvgIpc) is 2.26. The first kappa shape index (κ1) is 14.3. The van der Waals surface area contributed by atoms with E-state index in [-0.39, 0.29) is 0 Å². The number of nitrogens with one attached hydrogen (secondary N) is 2. The number of amides is 1. The quantitative estimate of drug-likeness (QED) is 0.874. The van der Waals surface area contributed by atoms with Crippen molar-refractivity contribution in [2.75, 3.05) is 18.9 Å². The van der Waals surface area contributed by atoms with Gasteiger partial charge in [0.1, 0.15) is 0 Å². The van der Waals surface area contributed by atoms with Crippen molar-refractivity contribution in [1.29, 1.82) is 0 Å². The molecule has 1 rings (SSSR count). The van der Waals surface area contributed by atoms with Gasteiger partial charge in [-0.15, -0.1) is 0 Å². The first-order valence-corrected chi connectivity index (χ1v) is 5.47. The summed E-state index contributed by atoms with van der Waals surface area (Å²) in [4.78, 5) is 11.7. The van der Waals surface area contributed by atoms with Gasteiger partial charge in [0.15, 0.2) is 0 Å². The van der Waals surface area contributed by atoms with E-state index in [4.69, 9.17) is 0 Å². The minimum absolute atomic E-state index is 0.338. The van der Waals surface area contributed by atoms with Gasteiger partial charge in [0.2, 0.25) is 0 Å². The third-order valence-electron chi connectivity index (χ3n) is 2.38. The Kier molecular flexibility index (Phi) is 4.58. The van der Waals surface area contributed by atoms with Crippen LogP contribution in [0.15, 0.2) is 18.2 Å². The Morgan fingerprint density at radius 3 is 2.56 bits per heavy atom. The van der Waals surface area contributed by atoms with Crippen molar-refractivity contribution >= 4 is 11.6 Å². The maximum absolute atomic E-state index is 11.9. The predicted octanol–water partition coefficient (Wildman–Crippen LogP) is 2.72. The maximum Gasteiger partial charge on any atom is 0.390 e. The standard InChI is InChI=1S/C12H15F3N2O/c1-8-3-4-9(10(7-8)16-2)11(18)17-6-5-12(13,14)15/h3-4,7,16H,5-6H2,1-2H3,(H,17,18). The van der Waals surface area contributed by atoms with Gasteiger partial charge < -0.3 is 10.6 Å². The van der Waals surface area contributed by atoms with Crippen molar-refractivity contribution in [1.82, 2.24) is 5.32 Å². The van der Waals surface area contributed by atoms with Crippen LogP contribution in [0.2, 0.25) is 0 Å². The van der Waals surface area contributed by atoms with Gasteiger partial charge >= 0.3 is 6.18 Å². The minimum Gasteiger partial charge on any atom is -0.387 e. The van der Waals surface area contributed by atoms with Gasteiger partial charge in [-0.1, -0.05) is 6.07 Å². The van der Waals surface area contributed by atoms with Gasteiger partial charge in [-0.3, -0.25) is 4.79 Å². The molecule has 3 nitrogen and oxygen atoms in total. The molecule has 0 spiro atoms. The fraction of sp³-hybridized carbons (Fsp3) is 0.417. The Bertz CT molecular complexity index is 430. The molecule has 100 valence electrons. The number of aryl methyl sites for hydroxylation is 1. The highest BCUT2D eigenvalue weighted by molar-refractivity contribution is 5.99. The number of hydrogen-bond acceptors (Lipinski definition) is 2. The van der Waals surface area contributed by atoms with Crippen LogP contribution in [0.25, 0.3) is 0 Å². The molecule has 1 aromatic rings. The summed E-state index contributed by atoms with van der Waals surface area (Å²) in [6.07, 6.45) is -5.29. The summed E-state index contributed by atoms with van der Waals surface area (Å²) >= 11 is 0. The molecule has 2 N–H and O–H groups in total. The van der Waals surface area contributed by atoms with Gasteiger partial charge in [0.05, 0.1) is 12.0 Å². The predicted molar refractivity (Wildman–Crippen MR) is 63.7 cm³/mol. The Morgan fingerprint density at radius 1 is 1.33 bits per heavy atom. The lowest BCUT2D eigenvalue weighted by Crippen LogP contribution is -2.28. The third-order valence-corrected chi connectivity index (χ3v) is 2.38. The van der Waals surface area contributed by atoms with Crippen molar-refractivity contribution in [3.63, 3.8) is 0 Å². The molecule has 0 radical (unpaired) electrons. The summed E-state index contributed by atoms with van der Waals surface area (Å²) in [5.74, 6) is -0.511. The Balaban J connectivity index is 2.67. The van der Waals surface area contributed by atoms with E-state index in [1.165, 1.54) is 0 Å². The summed E-state index contributed by atoms with van der Waals surface area (Å²) in [6, 6.07) is 5.09. The maximum atomic E-state index is 11.9. The number of anilines is 1. The van der Waals surface area contributed by atoms with E-state index < -0.39 is 25.0 Å². The monoisotopic (exact) mass is 260 g/mol. The fourth-order valence-corrected chi connectivity index (χ4v) is 1.48. The molecule has 18 heavy (non-hydrogen) atoms. The molecule has 1 amide bonds. The van der Waals surface area contributed by atoms with E-state index in [9.17, 15) is 18.0 Å². The van der Waals surface area contributed by atoms with E-state index in [0.717, 1.165) is 5.56 Å². The Hall–Kier alpha value is -1.72. The second-order valence-electron chi connectivity index (χ2n) is 3.92. The van der Waals surface area contributed by atoms with Crippen LogP contribution in [-0.4, -0.2) is 25.7 Å². The van der Waals surface area contributed by atoms with Gasteiger partial charge in [0, 0.05) is 19.3 Å². The summed E-state index contributed by atoms with van der Waals surface area (Å²) in [5.41, 5.74) is 1.90. The van der Waals surface area contributed by atoms with Gasteiger partial charge in [-0.25, -0.2) is 0 Å². The molecular formula is C12H15F3N2O. The second-order valence-corrected chi connectivity index (χ2v) is 3.92. The molecule has 6 heteroatoms. The smallest absolute Gasteiger partial charge is 0.387 e. The largest absolute Gasteiger partial charge is 0.390 e. The highest BCUT2D eigenvalue weighted by Crippen LogP contribution is 2.19. The lowest BCUT2D eigenvalue weighted by Gasteiger charge is -2.11.